The van der Waals surface area contributed by atoms with Crippen LogP contribution in [0.4, 0.5) is 5.13 Å². The first-order valence-corrected chi connectivity index (χ1v) is 10.9. The van der Waals surface area contributed by atoms with Crippen LogP contribution in [-0.4, -0.2) is 18.4 Å². The van der Waals surface area contributed by atoms with Gasteiger partial charge in [-0.1, -0.05) is 36.4 Å². The number of thiazole rings is 1. The highest BCUT2D eigenvalue weighted by Gasteiger charge is 2.29. The van der Waals surface area contributed by atoms with Crippen LogP contribution < -0.4 is 4.31 Å². The van der Waals surface area contributed by atoms with Gasteiger partial charge in [0.05, 0.1) is 11.4 Å². The average molecular weight is 412 g/mol. The number of aryl methyl sites for hydroxylation is 1. The van der Waals surface area contributed by atoms with Crippen molar-refractivity contribution in [3.63, 3.8) is 0 Å². The summed E-state index contributed by atoms with van der Waals surface area (Å²) in [5.74, 6) is 1.04. The van der Waals surface area contributed by atoms with Crippen molar-refractivity contribution in [1.29, 1.82) is 0 Å². The molecule has 0 saturated carbocycles. The Kier molecular flexibility index (Phi) is 4.97. The Labute approximate surface area is 167 Å². The molecule has 28 heavy (non-hydrogen) atoms. The standard InChI is InChI=1S/C20H17N3O3S2/c1-15-18(22-19(26-15)16-8-4-2-5-9-16)14-23(20-21-12-13-27-20)28(24,25)17-10-6-3-7-11-17/h2-13H,14H2,1H3. The number of anilines is 1. The van der Waals surface area contributed by atoms with Crippen molar-refractivity contribution >= 4 is 26.5 Å². The van der Waals surface area contributed by atoms with Gasteiger partial charge in [0, 0.05) is 17.1 Å². The molecule has 142 valence electrons. The molecular formula is C20H17N3O3S2. The summed E-state index contributed by atoms with van der Waals surface area (Å²) in [5.41, 5.74) is 1.39. The molecule has 6 nitrogen and oxygen atoms in total. The van der Waals surface area contributed by atoms with Crippen molar-refractivity contribution in [1.82, 2.24) is 9.97 Å². The smallest absolute Gasteiger partial charge is 0.266 e. The van der Waals surface area contributed by atoms with E-state index in [0.29, 0.717) is 22.5 Å². The first kappa shape index (κ1) is 18.4. The molecule has 0 radical (unpaired) electrons. The van der Waals surface area contributed by atoms with Crippen LogP contribution in [0, 0.1) is 6.92 Å². The molecule has 0 aliphatic carbocycles. The normalized spacial score (nSPS) is 11.5. The second-order valence-corrected chi connectivity index (χ2v) is 8.76. The van der Waals surface area contributed by atoms with Gasteiger partial charge in [-0.15, -0.1) is 11.3 Å². The molecule has 0 fully saturated rings. The van der Waals surface area contributed by atoms with Gasteiger partial charge in [0.2, 0.25) is 5.89 Å². The SMILES string of the molecule is Cc1oc(-c2ccccc2)nc1CN(c1nccs1)S(=O)(=O)c1ccccc1. The summed E-state index contributed by atoms with van der Waals surface area (Å²) in [6, 6.07) is 17.8. The molecule has 2 aromatic heterocycles. The van der Waals surface area contributed by atoms with Crippen molar-refractivity contribution in [2.75, 3.05) is 4.31 Å². The molecule has 0 aliphatic heterocycles. The van der Waals surface area contributed by atoms with E-state index in [-0.39, 0.29) is 11.4 Å². The summed E-state index contributed by atoms with van der Waals surface area (Å²) in [6.07, 6.45) is 1.58. The molecule has 0 unspecified atom stereocenters. The summed E-state index contributed by atoms with van der Waals surface area (Å²) in [6.45, 7) is 1.82. The third-order valence-corrected chi connectivity index (χ3v) is 6.83. The minimum atomic E-state index is -3.79. The van der Waals surface area contributed by atoms with E-state index >= 15 is 0 Å². The third kappa shape index (κ3) is 3.56. The van der Waals surface area contributed by atoms with Crippen molar-refractivity contribution in [2.45, 2.75) is 18.4 Å². The van der Waals surface area contributed by atoms with Gasteiger partial charge in [0.15, 0.2) is 5.13 Å². The molecular weight excluding hydrogens is 394 g/mol. The van der Waals surface area contributed by atoms with Gasteiger partial charge in [0.1, 0.15) is 11.5 Å². The van der Waals surface area contributed by atoms with Gasteiger partial charge in [-0.25, -0.2) is 22.7 Å². The van der Waals surface area contributed by atoms with E-state index in [4.69, 9.17) is 4.42 Å². The lowest BCUT2D eigenvalue weighted by Crippen LogP contribution is -2.30. The van der Waals surface area contributed by atoms with E-state index in [1.165, 1.54) is 15.6 Å². The van der Waals surface area contributed by atoms with Gasteiger partial charge in [-0.2, -0.15) is 0 Å². The van der Waals surface area contributed by atoms with Crippen LogP contribution in [0.1, 0.15) is 11.5 Å². The molecule has 0 atom stereocenters. The van der Waals surface area contributed by atoms with Gasteiger partial charge in [0.25, 0.3) is 10.0 Å². The molecule has 2 heterocycles. The van der Waals surface area contributed by atoms with Gasteiger partial charge in [-0.05, 0) is 31.2 Å². The molecule has 4 aromatic rings. The van der Waals surface area contributed by atoms with Gasteiger partial charge >= 0.3 is 0 Å². The number of aromatic nitrogens is 2. The Morgan fingerprint density at radius 2 is 1.71 bits per heavy atom. The molecule has 0 amide bonds. The van der Waals surface area contributed by atoms with Gasteiger partial charge in [-0.3, -0.25) is 0 Å². The Morgan fingerprint density at radius 3 is 2.36 bits per heavy atom. The molecule has 4 rings (SSSR count). The van der Waals surface area contributed by atoms with E-state index < -0.39 is 10.0 Å². The predicted octanol–water partition coefficient (Wildman–Crippen LogP) is 4.50. The summed E-state index contributed by atoms with van der Waals surface area (Å²) < 4.78 is 33.6. The van der Waals surface area contributed by atoms with Crippen molar-refractivity contribution in [3.05, 3.63) is 83.7 Å². The van der Waals surface area contributed by atoms with Crippen LogP contribution in [-0.2, 0) is 16.6 Å². The predicted molar refractivity (Wildman–Crippen MR) is 109 cm³/mol. The number of hydrogen-bond donors (Lipinski definition) is 0. The molecule has 0 N–H and O–H groups in total. The minimum Gasteiger partial charge on any atom is -0.441 e. The lowest BCUT2D eigenvalue weighted by Gasteiger charge is -2.20. The molecule has 8 heteroatoms. The zero-order valence-corrected chi connectivity index (χ0v) is 16.7. The van der Waals surface area contributed by atoms with Crippen molar-refractivity contribution < 1.29 is 12.8 Å². The number of hydrogen-bond acceptors (Lipinski definition) is 6. The monoisotopic (exact) mass is 411 g/mol. The highest BCUT2D eigenvalue weighted by Crippen LogP contribution is 2.29. The largest absolute Gasteiger partial charge is 0.441 e. The van der Waals surface area contributed by atoms with E-state index in [2.05, 4.69) is 9.97 Å². The summed E-state index contributed by atoms with van der Waals surface area (Å²) >= 11 is 1.26. The number of sulfonamides is 1. The minimum absolute atomic E-state index is 0.0346. The van der Waals surface area contributed by atoms with E-state index in [0.717, 1.165) is 5.56 Å². The summed E-state index contributed by atoms with van der Waals surface area (Å²) in [5, 5.41) is 2.13. The number of benzene rings is 2. The van der Waals surface area contributed by atoms with Gasteiger partial charge < -0.3 is 4.42 Å². The zero-order valence-electron chi connectivity index (χ0n) is 15.0. The molecule has 0 aliphatic rings. The second-order valence-electron chi connectivity index (χ2n) is 6.03. The maximum Gasteiger partial charge on any atom is 0.266 e. The Morgan fingerprint density at radius 1 is 1.04 bits per heavy atom. The Bertz CT molecular complexity index is 1160. The van der Waals surface area contributed by atoms with Crippen LogP contribution in [0.5, 0.6) is 0 Å². The maximum atomic E-state index is 13.3. The fourth-order valence-corrected chi connectivity index (χ4v) is 5.00. The molecule has 0 bridgehead atoms. The lowest BCUT2D eigenvalue weighted by atomic mass is 10.2. The van der Waals surface area contributed by atoms with Crippen LogP contribution in [0.2, 0.25) is 0 Å². The first-order chi connectivity index (χ1) is 13.6. The lowest BCUT2D eigenvalue weighted by molar-refractivity contribution is 0.539. The number of oxazole rings is 1. The van der Waals surface area contributed by atoms with Crippen molar-refractivity contribution in [3.8, 4) is 11.5 Å². The fourth-order valence-electron chi connectivity index (χ4n) is 2.73. The first-order valence-electron chi connectivity index (χ1n) is 8.55. The van der Waals surface area contributed by atoms with E-state index in [1.54, 1.807) is 48.8 Å². The van der Waals surface area contributed by atoms with Crippen LogP contribution >= 0.6 is 11.3 Å². The maximum absolute atomic E-state index is 13.3. The highest BCUT2D eigenvalue weighted by atomic mass is 32.2. The molecule has 0 spiro atoms. The average Bonchev–Trinajstić information content (AvgIpc) is 3.37. The van der Waals surface area contributed by atoms with E-state index in [1.807, 2.05) is 30.3 Å². The Balaban J connectivity index is 1.73. The number of rotatable bonds is 6. The second kappa shape index (κ2) is 7.57. The Hall–Kier alpha value is -2.97. The van der Waals surface area contributed by atoms with Crippen molar-refractivity contribution in [2.24, 2.45) is 0 Å². The van der Waals surface area contributed by atoms with E-state index in [9.17, 15) is 8.42 Å². The zero-order chi connectivity index (χ0) is 19.6. The third-order valence-electron chi connectivity index (χ3n) is 4.17. The van der Waals surface area contributed by atoms with Crippen LogP contribution in [0.15, 0.2) is 81.6 Å². The highest BCUT2D eigenvalue weighted by molar-refractivity contribution is 7.93. The summed E-state index contributed by atoms with van der Waals surface area (Å²) in [4.78, 5) is 8.95. The summed E-state index contributed by atoms with van der Waals surface area (Å²) in [7, 11) is -3.79. The molecule has 0 saturated heterocycles. The number of nitrogens with zero attached hydrogens (tertiary/aromatic N) is 3. The van der Waals surface area contributed by atoms with Crippen LogP contribution in [0.3, 0.4) is 0 Å². The topological polar surface area (TPSA) is 76.3 Å². The fraction of sp³-hybridized carbons (Fsp3) is 0.100. The van der Waals surface area contributed by atoms with Crippen LogP contribution in [0.25, 0.3) is 11.5 Å². The molecule has 2 aromatic carbocycles. The quantitative estimate of drug-likeness (QED) is 0.467.